The van der Waals surface area contributed by atoms with E-state index in [4.69, 9.17) is 19.2 Å². The number of benzene rings is 1. The zero-order valence-electron chi connectivity index (χ0n) is 10.8. The monoisotopic (exact) mass is 300 g/mol. The van der Waals surface area contributed by atoms with E-state index < -0.39 is 7.82 Å². The molecule has 1 amide bonds. The average Bonchev–Trinajstić information content (AvgIpc) is 2.37. The maximum absolute atomic E-state index is 11.7. The molecule has 7 nitrogen and oxygen atoms in total. The van der Waals surface area contributed by atoms with Gasteiger partial charge in [0.05, 0.1) is 12.6 Å². The first-order valence-electron chi connectivity index (χ1n) is 6.22. The number of phosphoric acid groups is 1. The topological polar surface area (TPSA) is 110 Å². The summed E-state index contributed by atoms with van der Waals surface area (Å²) in [6.07, 6.45) is 0.998. The molecule has 1 fully saturated rings. The van der Waals surface area contributed by atoms with E-state index in [2.05, 4.69) is 29.6 Å². The number of hydrogen-bond donors (Lipinski definition) is 4. The summed E-state index contributed by atoms with van der Waals surface area (Å²) in [6, 6.07) is 8.71. The molecule has 2 aliphatic rings. The molecule has 1 unspecified atom stereocenters. The lowest BCUT2D eigenvalue weighted by Crippen LogP contribution is -2.52. The smallest absolute Gasteiger partial charge is 0.333 e. The zero-order valence-corrected chi connectivity index (χ0v) is 11.7. The largest absolute Gasteiger partial charge is 0.466 e. The van der Waals surface area contributed by atoms with Gasteiger partial charge in [0, 0.05) is 13.1 Å². The van der Waals surface area contributed by atoms with Crippen LogP contribution < -0.4 is 5.32 Å². The number of amides is 1. The Balaban J connectivity index is 0.000000257. The second-order valence-electron chi connectivity index (χ2n) is 4.70. The first-order chi connectivity index (χ1) is 9.36. The van der Waals surface area contributed by atoms with Crippen molar-refractivity contribution in [3.63, 3.8) is 0 Å². The van der Waals surface area contributed by atoms with Crippen LogP contribution in [0.1, 0.15) is 17.2 Å². The van der Waals surface area contributed by atoms with Crippen LogP contribution in [0.4, 0.5) is 0 Å². The molecule has 1 aromatic carbocycles. The van der Waals surface area contributed by atoms with Crippen LogP contribution >= 0.6 is 7.82 Å². The fraction of sp³-hybridized carbons (Fsp3) is 0.417. The highest BCUT2D eigenvalue weighted by Crippen LogP contribution is 2.30. The fourth-order valence-corrected chi connectivity index (χ4v) is 2.59. The Bertz CT molecular complexity index is 536. The maximum Gasteiger partial charge on any atom is 0.466 e. The van der Waals surface area contributed by atoms with Crippen molar-refractivity contribution in [1.29, 1.82) is 0 Å². The highest BCUT2D eigenvalue weighted by atomic mass is 31.2. The van der Waals surface area contributed by atoms with Crippen molar-refractivity contribution in [1.82, 2.24) is 10.2 Å². The number of hydrogen-bond acceptors (Lipinski definition) is 3. The summed E-state index contributed by atoms with van der Waals surface area (Å²) >= 11 is 0. The van der Waals surface area contributed by atoms with Crippen molar-refractivity contribution in [3.8, 4) is 0 Å². The van der Waals surface area contributed by atoms with Crippen molar-refractivity contribution in [2.75, 3.05) is 19.6 Å². The van der Waals surface area contributed by atoms with Crippen molar-refractivity contribution < 1.29 is 24.0 Å². The first kappa shape index (κ1) is 15.2. The minimum absolute atomic E-state index is 0.237. The van der Waals surface area contributed by atoms with Gasteiger partial charge >= 0.3 is 7.82 Å². The summed E-state index contributed by atoms with van der Waals surface area (Å²) in [5.74, 6) is 0.237. The van der Waals surface area contributed by atoms with Gasteiger partial charge in [0.2, 0.25) is 5.91 Å². The zero-order chi connectivity index (χ0) is 14.8. The Kier molecular flexibility index (Phi) is 4.57. The van der Waals surface area contributed by atoms with Crippen molar-refractivity contribution >= 4 is 13.7 Å². The second-order valence-corrected chi connectivity index (χ2v) is 5.72. The maximum atomic E-state index is 11.7. The number of piperazine rings is 1. The van der Waals surface area contributed by atoms with Gasteiger partial charge in [-0.1, -0.05) is 24.3 Å². The van der Waals surface area contributed by atoms with Crippen molar-refractivity contribution in [3.05, 3.63) is 35.4 Å². The number of rotatable bonds is 0. The third-order valence-electron chi connectivity index (χ3n) is 3.35. The van der Waals surface area contributed by atoms with E-state index >= 15 is 0 Å². The average molecular weight is 300 g/mol. The highest BCUT2D eigenvalue weighted by Gasteiger charge is 2.32. The third kappa shape index (κ3) is 3.88. The number of fused-ring (bicyclic) bond motifs is 3. The van der Waals surface area contributed by atoms with E-state index in [0.29, 0.717) is 6.54 Å². The minimum atomic E-state index is -4.64. The van der Waals surface area contributed by atoms with Crippen LogP contribution in [0.15, 0.2) is 24.3 Å². The predicted octanol–water partition coefficient (Wildman–Crippen LogP) is -0.213. The molecule has 8 heteroatoms. The van der Waals surface area contributed by atoms with Crippen LogP contribution in [0.3, 0.4) is 0 Å². The van der Waals surface area contributed by atoms with Crippen LogP contribution in [0, 0.1) is 0 Å². The van der Waals surface area contributed by atoms with Crippen LogP contribution in [0.5, 0.6) is 0 Å². The Hall–Kier alpha value is -1.24. The van der Waals surface area contributed by atoms with E-state index in [1.54, 1.807) is 0 Å². The van der Waals surface area contributed by atoms with Gasteiger partial charge in [-0.05, 0) is 17.5 Å². The molecule has 2 heterocycles. The van der Waals surface area contributed by atoms with E-state index in [-0.39, 0.29) is 11.9 Å². The second kappa shape index (κ2) is 6.03. The summed E-state index contributed by atoms with van der Waals surface area (Å²) in [7, 11) is -4.64. The van der Waals surface area contributed by atoms with Gasteiger partial charge in [-0.25, -0.2) is 4.57 Å². The van der Waals surface area contributed by atoms with Crippen LogP contribution in [-0.4, -0.2) is 45.1 Å². The summed E-state index contributed by atoms with van der Waals surface area (Å²) in [6.45, 7) is 2.27. The third-order valence-corrected chi connectivity index (χ3v) is 3.35. The Labute approximate surface area is 116 Å². The number of nitrogens with zero attached hydrogens (tertiary/aromatic N) is 1. The normalized spacial score (nSPS) is 21.4. The molecule has 0 radical (unpaired) electrons. The van der Waals surface area contributed by atoms with E-state index in [9.17, 15) is 4.79 Å². The van der Waals surface area contributed by atoms with Gasteiger partial charge < -0.3 is 24.9 Å². The highest BCUT2D eigenvalue weighted by molar-refractivity contribution is 7.45. The first-order valence-corrected chi connectivity index (χ1v) is 7.79. The molecular weight excluding hydrogens is 283 g/mol. The molecule has 0 spiro atoms. The molecule has 4 N–H and O–H groups in total. The van der Waals surface area contributed by atoms with Gasteiger partial charge in [-0.2, -0.15) is 0 Å². The predicted molar refractivity (Wildman–Crippen MR) is 71.7 cm³/mol. The molecule has 20 heavy (non-hydrogen) atoms. The van der Waals surface area contributed by atoms with E-state index in [1.807, 2.05) is 4.90 Å². The number of carbonyl (C=O) groups excluding carboxylic acids is 1. The van der Waals surface area contributed by atoms with E-state index in [1.165, 1.54) is 11.1 Å². The quantitative estimate of drug-likeness (QED) is 0.493. The van der Waals surface area contributed by atoms with Gasteiger partial charge in [0.15, 0.2) is 0 Å². The van der Waals surface area contributed by atoms with E-state index in [0.717, 1.165) is 19.5 Å². The Morgan fingerprint density at radius 1 is 1.25 bits per heavy atom. The summed E-state index contributed by atoms with van der Waals surface area (Å²) < 4.78 is 8.88. The van der Waals surface area contributed by atoms with Crippen molar-refractivity contribution in [2.24, 2.45) is 0 Å². The van der Waals surface area contributed by atoms with Gasteiger partial charge in [-0.15, -0.1) is 0 Å². The molecule has 3 rings (SSSR count). The van der Waals surface area contributed by atoms with Gasteiger partial charge in [0.1, 0.15) is 0 Å². The molecule has 2 aliphatic heterocycles. The Morgan fingerprint density at radius 2 is 1.90 bits per heavy atom. The summed E-state index contributed by atoms with van der Waals surface area (Å²) in [5, 5.41) is 3.18. The number of nitrogens with one attached hydrogen (secondary N) is 1. The standard InChI is InChI=1S/C12H14N2O.H3O4P/c15-12-8-13-7-11-10-4-2-1-3-9(10)5-6-14(11)12;1-5(2,3)4/h1-4,11,13H,5-8H2;(H3,1,2,3,4). The molecule has 1 atom stereocenters. The summed E-state index contributed by atoms with van der Waals surface area (Å²) in [4.78, 5) is 35.3. The molecule has 1 saturated heterocycles. The van der Waals surface area contributed by atoms with Crippen LogP contribution in [-0.2, 0) is 15.8 Å². The minimum Gasteiger partial charge on any atom is -0.333 e. The van der Waals surface area contributed by atoms with Gasteiger partial charge in [0.25, 0.3) is 0 Å². The van der Waals surface area contributed by atoms with Gasteiger partial charge in [-0.3, -0.25) is 4.79 Å². The lowest BCUT2D eigenvalue weighted by atomic mass is 9.91. The summed E-state index contributed by atoms with van der Waals surface area (Å²) in [5.41, 5.74) is 2.72. The molecular formula is C12H17N2O5P. The molecule has 0 saturated carbocycles. The fourth-order valence-electron chi connectivity index (χ4n) is 2.59. The molecule has 0 aromatic heterocycles. The SMILES string of the molecule is O=C1CNCC2c3ccccc3CCN12.O=P(O)(O)O. The molecule has 0 bridgehead atoms. The molecule has 110 valence electrons. The number of carbonyl (C=O) groups is 1. The Morgan fingerprint density at radius 3 is 2.60 bits per heavy atom. The van der Waals surface area contributed by atoms with Crippen LogP contribution in [0.2, 0.25) is 0 Å². The van der Waals surface area contributed by atoms with Crippen LogP contribution in [0.25, 0.3) is 0 Å². The van der Waals surface area contributed by atoms with Crippen molar-refractivity contribution in [2.45, 2.75) is 12.5 Å². The molecule has 1 aromatic rings. The molecule has 0 aliphatic carbocycles. The lowest BCUT2D eigenvalue weighted by Gasteiger charge is -2.40. The lowest BCUT2D eigenvalue weighted by molar-refractivity contribution is -0.135.